The molecule has 1 rings (SSSR count). The Bertz CT molecular complexity index is 639. The number of rotatable bonds is 10. The van der Waals surface area contributed by atoms with Crippen molar-refractivity contribution in [3.8, 4) is 0 Å². The van der Waals surface area contributed by atoms with Gasteiger partial charge in [0.1, 0.15) is 0 Å². The summed E-state index contributed by atoms with van der Waals surface area (Å²) in [6.45, 7) is 15.6. The molecule has 0 saturated carbocycles. The third-order valence-electron chi connectivity index (χ3n) is 5.55. The lowest BCUT2D eigenvalue weighted by Crippen LogP contribution is -2.34. The first-order valence-corrected chi connectivity index (χ1v) is 11.2. The van der Waals surface area contributed by atoms with Crippen molar-refractivity contribution < 1.29 is 8.42 Å². The van der Waals surface area contributed by atoms with Gasteiger partial charge >= 0.3 is 0 Å². The van der Waals surface area contributed by atoms with Crippen LogP contribution >= 0.6 is 0 Å². The van der Waals surface area contributed by atoms with Gasteiger partial charge in [0.05, 0.1) is 4.90 Å². The third-order valence-corrected chi connectivity index (χ3v) is 7.72. The Hall–Kier alpha value is -0.870. The van der Waals surface area contributed by atoms with Crippen LogP contribution in [-0.4, -0.2) is 25.8 Å². The smallest absolute Gasteiger partial charge is 0.207 e. The summed E-state index contributed by atoms with van der Waals surface area (Å²) in [5.74, 6) is 0. The summed E-state index contributed by atoms with van der Waals surface area (Å²) in [7, 11) is -3.45. The van der Waals surface area contributed by atoms with Gasteiger partial charge in [-0.1, -0.05) is 39.5 Å². The summed E-state index contributed by atoms with van der Waals surface area (Å²) >= 11 is 0. The molecular weight excluding hydrogens is 330 g/mol. The molecule has 1 aromatic carbocycles. The zero-order valence-corrected chi connectivity index (χ0v) is 18.1. The molecule has 0 radical (unpaired) electrons. The molecule has 1 aromatic rings. The van der Waals surface area contributed by atoms with Crippen LogP contribution in [0.15, 0.2) is 4.90 Å². The van der Waals surface area contributed by atoms with E-state index in [-0.39, 0.29) is 0 Å². The standard InChI is InChI=1S/C21H37NO2S/c1-8-10-12-14-22(15-13-11-9-2)25(23,24)21-19(6)17(4)16(3)18(5)20(21)7/h8-15H2,1-7H3. The molecule has 0 fully saturated rings. The van der Waals surface area contributed by atoms with Gasteiger partial charge in [-0.15, -0.1) is 0 Å². The Morgan fingerprint density at radius 1 is 0.640 bits per heavy atom. The zero-order valence-electron chi connectivity index (χ0n) is 17.3. The number of hydrogen-bond donors (Lipinski definition) is 0. The van der Waals surface area contributed by atoms with E-state index in [2.05, 4.69) is 20.8 Å². The van der Waals surface area contributed by atoms with Gasteiger partial charge in [0.25, 0.3) is 0 Å². The molecule has 25 heavy (non-hydrogen) atoms. The van der Waals surface area contributed by atoms with E-state index in [9.17, 15) is 8.42 Å². The summed E-state index contributed by atoms with van der Waals surface area (Å²) in [6, 6.07) is 0. The third kappa shape index (κ3) is 5.07. The van der Waals surface area contributed by atoms with Crippen molar-refractivity contribution in [2.45, 2.75) is 91.9 Å². The highest BCUT2D eigenvalue weighted by Crippen LogP contribution is 2.31. The predicted molar refractivity (Wildman–Crippen MR) is 108 cm³/mol. The van der Waals surface area contributed by atoms with Gasteiger partial charge in [0.2, 0.25) is 10.0 Å². The van der Waals surface area contributed by atoms with Crippen molar-refractivity contribution >= 4 is 10.0 Å². The van der Waals surface area contributed by atoms with Crippen LogP contribution < -0.4 is 0 Å². The van der Waals surface area contributed by atoms with Crippen LogP contribution in [0.1, 0.15) is 80.2 Å². The molecule has 0 aromatic heterocycles. The number of unbranched alkanes of at least 4 members (excludes halogenated alkanes) is 4. The van der Waals surface area contributed by atoms with Gasteiger partial charge in [0.15, 0.2) is 0 Å². The highest BCUT2D eigenvalue weighted by molar-refractivity contribution is 7.89. The van der Waals surface area contributed by atoms with Crippen LogP contribution in [0, 0.1) is 34.6 Å². The first-order chi connectivity index (χ1) is 11.7. The Balaban J connectivity index is 3.33. The van der Waals surface area contributed by atoms with E-state index in [1.165, 1.54) is 5.56 Å². The van der Waals surface area contributed by atoms with Crippen molar-refractivity contribution in [1.29, 1.82) is 0 Å². The summed E-state index contributed by atoms with van der Waals surface area (Å²) in [5, 5.41) is 0. The van der Waals surface area contributed by atoms with E-state index in [1.807, 2.05) is 27.7 Å². The highest BCUT2D eigenvalue weighted by atomic mass is 32.2. The Morgan fingerprint density at radius 2 is 1.00 bits per heavy atom. The van der Waals surface area contributed by atoms with Crippen molar-refractivity contribution in [1.82, 2.24) is 4.31 Å². The van der Waals surface area contributed by atoms with Crippen LogP contribution in [0.25, 0.3) is 0 Å². The molecule has 0 amide bonds. The molecule has 0 heterocycles. The van der Waals surface area contributed by atoms with Crippen molar-refractivity contribution in [3.05, 3.63) is 27.8 Å². The molecule has 0 saturated heterocycles. The second-order valence-electron chi connectivity index (χ2n) is 7.27. The van der Waals surface area contributed by atoms with Crippen LogP contribution in [0.3, 0.4) is 0 Å². The van der Waals surface area contributed by atoms with Crippen LogP contribution in [0.4, 0.5) is 0 Å². The molecule has 0 spiro atoms. The normalized spacial score (nSPS) is 12.2. The predicted octanol–water partition coefficient (Wildman–Crippen LogP) is 5.60. The Kier molecular flexibility index (Phi) is 8.62. The van der Waals surface area contributed by atoms with E-state index in [1.54, 1.807) is 4.31 Å². The van der Waals surface area contributed by atoms with Gasteiger partial charge in [-0.05, 0) is 75.3 Å². The minimum absolute atomic E-state index is 0.543. The minimum Gasteiger partial charge on any atom is -0.207 e. The second kappa shape index (κ2) is 9.72. The van der Waals surface area contributed by atoms with Crippen molar-refractivity contribution in [2.24, 2.45) is 0 Å². The first-order valence-electron chi connectivity index (χ1n) is 9.77. The average Bonchev–Trinajstić information content (AvgIpc) is 2.57. The van der Waals surface area contributed by atoms with Crippen LogP contribution in [-0.2, 0) is 10.0 Å². The monoisotopic (exact) mass is 367 g/mol. The maximum atomic E-state index is 13.5. The molecule has 0 atom stereocenters. The van der Waals surface area contributed by atoms with Crippen molar-refractivity contribution in [2.75, 3.05) is 13.1 Å². The summed E-state index contributed by atoms with van der Waals surface area (Å²) in [6.07, 6.45) is 6.22. The maximum Gasteiger partial charge on any atom is 0.243 e. The largest absolute Gasteiger partial charge is 0.243 e. The average molecular weight is 368 g/mol. The lowest BCUT2D eigenvalue weighted by molar-refractivity contribution is 0.388. The molecule has 3 nitrogen and oxygen atoms in total. The molecule has 0 aliphatic rings. The maximum absolute atomic E-state index is 13.5. The molecule has 0 aliphatic heterocycles. The minimum atomic E-state index is -3.45. The van der Waals surface area contributed by atoms with Crippen molar-refractivity contribution in [3.63, 3.8) is 0 Å². The summed E-state index contributed by atoms with van der Waals surface area (Å²) < 4.78 is 28.7. The number of benzene rings is 1. The second-order valence-corrected chi connectivity index (χ2v) is 9.15. The molecule has 0 aliphatic carbocycles. The highest BCUT2D eigenvalue weighted by Gasteiger charge is 2.29. The quantitative estimate of drug-likeness (QED) is 0.505. The van der Waals surface area contributed by atoms with E-state index in [0.29, 0.717) is 18.0 Å². The summed E-state index contributed by atoms with van der Waals surface area (Å²) in [5.41, 5.74) is 5.23. The van der Waals surface area contributed by atoms with Gasteiger partial charge in [0, 0.05) is 13.1 Å². The Morgan fingerprint density at radius 3 is 1.36 bits per heavy atom. The fourth-order valence-corrected chi connectivity index (χ4v) is 5.49. The van der Waals surface area contributed by atoms with Crippen LogP contribution in [0.5, 0.6) is 0 Å². The van der Waals surface area contributed by atoms with Gasteiger partial charge in [-0.25, -0.2) is 8.42 Å². The molecule has 0 unspecified atom stereocenters. The molecule has 144 valence electrons. The number of nitrogens with zero attached hydrogens (tertiary/aromatic N) is 1. The van der Waals surface area contributed by atoms with Gasteiger partial charge < -0.3 is 0 Å². The van der Waals surface area contributed by atoms with Gasteiger partial charge in [-0.3, -0.25) is 0 Å². The number of hydrogen-bond acceptors (Lipinski definition) is 2. The molecular formula is C21H37NO2S. The number of sulfonamides is 1. The fraction of sp³-hybridized carbons (Fsp3) is 0.714. The van der Waals surface area contributed by atoms with Crippen LogP contribution in [0.2, 0.25) is 0 Å². The topological polar surface area (TPSA) is 37.4 Å². The SMILES string of the molecule is CCCCCN(CCCCC)S(=O)(=O)c1c(C)c(C)c(C)c(C)c1C. The summed E-state index contributed by atoms with van der Waals surface area (Å²) in [4.78, 5) is 0.543. The molecule has 0 N–H and O–H groups in total. The zero-order chi connectivity index (χ0) is 19.2. The lowest BCUT2D eigenvalue weighted by atomic mass is 9.95. The lowest BCUT2D eigenvalue weighted by Gasteiger charge is -2.26. The van der Waals surface area contributed by atoms with E-state index in [4.69, 9.17) is 0 Å². The van der Waals surface area contributed by atoms with Gasteiger partial charge in [-0.2, -0.15) is 4.31 Å². The molecule has 4 heteroatoms. The van der Waals surface area contributed by atoms with E-state index in [0.717, 1.165) is 60.8 Å². The fourth-order valence-electron chi connectivity index (χ4n) is 3.41. The molecule has 0 bridgehead atoms. The first kappa shape index (κ1) is 22.2. The van der Waals surface area contributed by atoms with E-state index >= 15 is 0 Å². The Labute approximate surface area is 155 Å². The van der Waals surface area contributed by atoms with E-state index < -0.39 is 10.0 Å².